The molecule has 21 heavy (non-hydrogen) atoms. The second kappa shape index (κ2) is 5.81. The van der Waals surface area contributed by atoms with Crippen molar-refractivity contribution in [2.45, 2.75) is 5.33 Å². The lowest BCUT2D eigenvalue weighted by molar-refractivity contribution is 0.419. The molecule has 0 saturated heterocycles. The molecule has 5 heteroatoms. The van der Waals surface area contributed by atoms with Crippen LogP contribution >= 0.6 is 31.9 Å². The standard InChI is InChI=1S/C16H11Br2FO2/c1-20-12-7-6-9(8-17)15-14(12)13(16(18)21-15)10-4-2-3-5-11(10)19/h2-7H,8H2,1H3. The number of rotatable bonds is 3. The Balaban J connectivity index is 2.43. The van der Waals surface area contributed by atoms with Crippen LogP contribution in [0.5, 0.6) is 5.75 Å². The molecule has 0 aliphatic heterocycles. The van der Waals surface area contributed by atoms with Crippen molar-refractivity contribution in [2.75, 3.05) is 7.11 Å². The fraction of sp³-hybridized carbons (Fsp3) is 0.125. The van der Waals surface area contributed by atoms with E-state index in [-0.39, 0.29) is 5.82 Å². The van der Waals surface area contributed by atoms with Crippen LogP contribution in [0.2, 0.25) is 0 Å². The lowest BCUT2D eigenvalue weighted by Gasteiger charge is -2.07. The average Bonchev–Trinajstić information content (AvgIpc) is 2.84. The van der Waals surface area contributed by atoms with E-state index in [0.717, 1.165) is 10.9 Å². The van der Waals surface area contributed by atoms with Crippen molar-refractivity contribution in [1.29, 1.82) is 0 Å². The van der Waals surface area contributed by atoms with Crippen molar-refractivity contribution in [2.24, 2.45) is 0 Å². The summed E-state index contributed by atoms with van der Waals surface area (Å²) < 4.78 is 25.9. The van der Waals surface area contributed by atoms with Gasteiger partial charge in [-0.25, -0.2) is 4.39 Å². The Morgan fingerprint density at radius 2 is 1.95 bits per heavy atom. The molecule has 108 valence electrons. The van der Waals surface area contributed by atoms with Crippen LogP contribution in [-0.4, -0.2) is 7.11 Å². The molecule has 1 heterocycles. The molecule has 0 fully saturated rings. The third-order valence-electron chi connectivity index (χ3n) is 3.35. The molecule has 0 amide bonds. The predicted octanol–water partition coefficient (Wildman–Crippen LogP) is 5.90. The van der Waals surface area contributed by atoms with E-state index in [9.17, 15) is 4.39 Å². The Hall–Kier alpha value is -1.33. The number of alkyl halides is 1. The van der Waals surface area contributed by atoms with Gasteiger partial charge in [0.2, 0.25) is 0 Å². The summed E-state index contributed by atoms with van der Waals surface area (Å²) in [5.74, 6) is 0.356. The van der Waals surface area contributed by atoms with E-state index < -0.39 is 0 Å². The first kappa shape index (κ1) is 14.6. The van der Waals surface area contributed by atoms with E-state index in [4.69, 9.17) is 9.15 Å². The van der Waals surface area contributed by atoms with Gasteiger partial charge in [-0.2, -0.15) is 0 Å². The molecular formula is C16H11Br2FO2. The Morgan fingerprint density at radius 1 is 1.19 bits per heavy atom. The highest BCUT2D eigenvalue weighted by atomic mass is 79.9. The number of ether oxygens (including phenoxy) is 1. The summed E-state index contributed by atoms with van der Waals surface area (Å²) in [6, 6.07) is 10.4. The maximum atomic E-state index is 14.2. The van der Waals surface area contributed by atoms with Gasteiger partial charge >= 0.3 is 0 Å². The van der Waals surface area contributed by atoms with Crippen LogP contribution in [0, 0.1) is 5.82 Å². The summed E-state index contributed by atoms with van der Waals surface area (Å²) >= 11 is 6.84. The number of benzene rings is 2. The molecule has 0 spiro atoms. The number of hydrogen-bond donors (Lipinski definition) is 0. The minimum Gasteiger partial charge on any atom is -0.496 e. The lowest BCUT2D eigenvalue weighted by atomic mass is 10.0. The van der Waals surface area contributed by atoms with Crippen LogP contribution in [0.15, 0.2) is 45.5 Å². The topological polar surface area (TPSA) is 22.4 Å². The minimum atomic E-state index is -0.299. The number of methoxy groups -OCH3 is 1. The fourth-order valence-corrected chi connectivity index (χ4v) is 3.40. The summed E-state index contributed by atoms with van der Waals surface area (Å²) in [5, 5.41) is 1.41. The maximum Gasteiger partial charge on any atom is 0.178 e. The van der Waals surface area contributed by atoms with Gasteiger partial charge in [-0.15, -0.1) is 0 Å². The molecule has 0 aliphatic carbocycles. The van der Waals surface area contributed by atoms with Crippen LogP contribution in [0.4, 0.5) is 4.39 Å². The van der Waals surface area contributed by atoms with E-state index >= 15 is 0 Å². The van der Waals surface area contributed by atoms with Crippen LogP contribution in [0.3, 0.4) is 0 Å². The highest BCUT2D eigenvalue weighted by molar-refractivity contribution is 9.10. The van der Waals surface area contributed by atoms with Crippen LogP contribution in [0.1, 0.15) is 5.56 Å². The third-order valence-corrected chi connectivity index (χ3v) is 4.51. The highest BCUT2D eigenvalue weighted by Gasteiger charge is 2.22. The van der Waals surface area contributed by atoms with E-state index in [0.29, 0.717) is 32.5 Å². The van der Waals surface area contributed by atoms with Crippen molar-refractivity contribution in [3.8, 4) is 16.9 Å². The first-order chi connectivity index (χ1) is 10.2. The Bertz CT molecular complexity index is 811. The summed E-state index contributed by atoms with van der Waals surface area (Å²) in [4.78, 5) is 0. The van der Waals surface area contributed by atoms with Crippen molar-refractivity contribution < 1.29 is 13.5 Å². The number of hydrogen-bond acceptors (Lipinski definition) is 2. The first-order valence-electron chi connectivity index (χ1n) is 6.26. The van der Waals surface area contributed by atoms with Gasteiger partial charge in [0, 0.05) is 22.0 Å². The quantitative estimate of drug-likeness (QED) is 0.498. The summed E-state index contributed by atoms with van der Waals surface area (Å²) in [6.07, 6.45) is 0. The van der Waals surface area contributed by atoms with Gasteiger partial charge in [-0.3, -0.25) is 0 Å². The number of halogens is 3. The lowest BCUT2D eigenvalue weighted by Crippen LogP contribution is -1.89. The van der Waals surface area contributed by atoms with Gasteiger partial charge in [0.15, 0.2) is 4.67 Å². The SMILES string of the molecule is COc1ccc(CBr)c2oc(Br)c(-c3ccccc3F)c12. The molecule has 0 atom stereocenters. The molecule has 0 radical (unpaired) electrons. The zero-order valence-electron chi connectivity index (χ0n) is 11.1. The molecule has 1 aromatic heterocycles. The van der Waals surface area contributed by atoms with Crippen molar-refractivity contribution in [1.82, 2.24) is 0 Å². The number of furan rings is 1. The average molecular weight is 414 g/mol. The van der Waals surface area contributed by atoms with Gasteiger partial charge < -0.3 is 9.15 Å². The van der Waals surface area contributed by atoms with Crippen molar-refractivity contribution >= 4 is 42.8 Å². The monoisotopic (exact) mass is 412 g/mol. The van der Waals surface area contributed by atoms with E-state index in [1.165, 1.54) is 6.07 Å². The van der Waals surface area contributed by atoms with Crippen molar-refractivity contribution in [3.63, 3.8) is 0 Å². The predicted molar refractivity (Wildman–Crippen MR) is 88.5 cm³/mol. The molecule has 3 rings (SSSR count). The molecule has 0 N–H and O–H groups in total. The van der Waals surface area contributed by atoms with Crippen molar-refractivity contribution in [3.05, 3.63) is 52.4 Å². The molecule has 0 unspecified atom stereocenters. The molecule has 2 aromatic carbocycles. The summed E-state index contributed by atoms with van der Waals surface area (Å²) in [6.45, 7) is 0. The van der Waals surface area contributed by atoms with Crippen LogP contribution in [0.25, 0.3) is 22.1 Å². The van der Waals surface area contributed by atoms with E-state index in [1.807, 2.05) is 12.1 Å². The first-order valence-corrected chi connectivity index (χ1v) is 8.17. The van der Waals surface area contributed by atoms with Gasteiger partial charge in [-0.05, 0) is 28.1 Å². The highest BCUT2D eigenvalue weighted by Crippen LogP contribution is 2.44. The van der Waals surface area contributed by atoms with Crippen LogP contribution in [-0.2, 0) is 5.33 Å². The molecule has 3 aromatic rings. The normalized spacial score (nSPS) is 11.0. The van der Waals surface area contributed by atoms with E-state index in [2.05, 4.69) is 31.9 Å². The molecule has 0 aliphatic rings. The smallest absolute Gasteiger partial charge is 0.178 e. The Morgan fingerprint density at radius 3 is 2.62 bits per heavy atom. The second-order valence-corrected chi connectivity index (χ2v) is 5.78. The molecular weight excluding hydrogens is 403 g/mol. The zero-order valence-corrected chi connectivity index (χ0v) is 14.3. The van der Waals surface area contributed by atoms with Gasteiger partial charge in [0.05, 0.1) is 12.5 Å². The molecule has 2 nitrogen and oxygen atoms in total. The molecule has 0 saturated carbocycles. The summed E-state index contributed by atoms with van der Waals surface area (Å²) in [5.41, 5.74) is 2.82. The van der Waals surface area contributed by atoms with E-state index in [1.54, 1.807) is 25.3 Å². The Kier molecular flexibility index (Phi) is 4.04. The summed E-state index contributed by atoms with van der Waals surface area (Å²) in [7, 11) is 1.59. The maximum absolute atomic E-state index is 14.2. The number of fused-ring (bicyclic) bond motifs is 1. The largest absolute Gasteiger partial charge is 0.496 e. The molecule has 0 bridgehead atoms. The second-order valence-electron chi connectivity index (χ2n) is 4.50. The minimum absolute atomic E-state index is 0.299. The van der Waals surface area contributed by atoms with Gasteiger partial charge in [-0.1, -0.05) is 40.2 Å². The third kappa shape index (κ3) is 2.38. The fourth-order valence-electron chi connectivity index (χ4n) is 2.38. The van der Waals surface area contributed by atoms with Gasteiger partial charge in [0.25, 0.3) is 0 Å². The van der Waals surface area contributed by atoms with Crippen LogP contribution < -0.4 is 4.74 Å². The Labute approximate surface area is 138 Å². The zero-order chi connectivity index (χ0) is 15.0. The van der Waals surface area contributed by atoms with Gasteiger partial charge in [0.1, 0.15) is 17.1 Å².